The van der Waals surface area contributed by atoms with Crippen molar-refractivity contribution in [2.45, 2.75) is 19.4 Å². The van der Waals surface area contributed by atoms with Crippen molar-refractivity contribution < 1.29 is 19.4 Å². The molecular formula is C14H22N2O4. The van der Waals surface area contributed by atoms with Gasteiger partial charge in [0.25, 0.3) is 5.91 Å². The van der Waals surface area contributed by atoms with Gasteiger partial charge in [-0.2, -0.15) is 0 Å². The number of carbonyl (C=O) groups is 1. The lowest BCUT2D eigenvalue weighted by atomic mass is 10.0. The molecule has 6 nitrogen and oxygen atoms in total. The lowest BCUT2D eigenvalue weighted by Crippen LogP contribution is -2.47. The van der Waals surface area contributed by atoms with E-state index in [0.717, 1.165) is 0 Å². The van der Waals surface area contributed by atoms with Gasteiger partial charge in [-0.3, -0.25) is 4.79 Å². The average molecular weight is 282 g/mol. The molecule has 0 aliphatic rings. The highest BCUT2D eigenvalue weighted by molar-refractivity contribution is 6.00. The molecular weight excluding hydrogens is 260 g/mol. The molecule has 1 aromatic carbocycles. The van der Waals surface area contributed by atoms with Crippen molar-refractivity contribution in [3.8, 4) is 11.5 Å². The van der Waals surface area contributed by atoms with Crippen molar-refractivity contribution in [2.24, 2.45) is 0 Å². The van der Waals surface area contributed by atoms with E-state index in [1.165, 1.54) is 19.1 Å². The van der Waals surface area contributed by atoms with Gasteiger partial charge >= 0.3 is 0 Å². The molecule has 112 valence electrons. The molecule has 0 heterocycles. The number of aliphatic hydroxyl groups excluding tert-OH is 1. The Morgan fingerprint density at radius 2 is 1.80 bits per heavy atom. The van der Waals surface area contributed by atoms with Crippen LogP contribution in [0.3, 0.4) is 0 Å². The number of ether oxygens (including phenoxy) is 2. The second-order valence-corrected chi connectivity index (χ2v) is 5.13. The Kier molecular flexibility index (Phi) is 4.83. The van der Waals surface area contributed by atoms with E-state index in [1.807, 2.05) is 0 Å². The number of hydrogen-bond acceptors (Lipinski definition) is 5. The van der Waals surface area contributed by atoms with E-state index < -0.39 is 5.54 Å². The second-order valence-electron chi connectivity index (χ2n) is 5.13. The molecule has 1 amide bonds. The Morgan fingerprint density at radius 1 is 1.30 bits per heavy atom. The first-order valence-electron chi connectivity index (χ1n) is 6.19. The smallest absolute Gasteiger partial charge is 0.256 e. The van der Waals surface area contributed by atoms with Crippen molar-refractivity contribution in [3.63, 3.8) is 0 Å². The first kappa shape index (κ1) is 16.1. The highest BCUT2D eigenvalue weighted by Crippen LogP contribution is 2.33. The number of methoxy groups -OCH3 is 2. The number of rotatable bonds is 5. The highest BCUT2D eigenvalue weighted by atomic mass is 16.5. The third-order valence-corrected chi connectivity index (χ3v) is 3.39. The molecule has 0 saturated heterocycles. The van der Waals surface area contributed by atoms with E-state index in [-0.39, 0.29) is 12.5 Å². The maximum atomic E-state index is 12.5. The molecule has 0 aromatic heterocycles. The van der Waals surface area contributed by atoms with Gasteiger partial charge in [0.2, 0.25) is 0 Å². The summed E-state index contributed by atoms with van der Waals surface area (Å²) in [6.45, 7) is 3.38. The van der Waals surface area contributed by atoms with Crippen molar-refractivity contribution in [1.82, 2.24) is 4.90 Å². The molecule has 0 aliphatic heterocycles. The molecule has 3 N–H and O–H groups in total. The Morgan fingerprint density at radius 3 is 2.25 bits per heavy atom. The minimum absolute atomic E-state index is 0.150. The predicted octanol–water partition coefficient (Wildman–Crippen LogP) is 1.13. The van der Waals surface area contributed by atoms with Crippen LogP contribution in [-0.2, 0) is 0 Å². The highest BCUT2D eigenvalue weighted by Gasteiger charge is 2.29. The molecule has 1 rings (SSSR count). The van der Waals surface area contributed by atoms with Gasteiger partial charge in [-0.1, -0.05) is 0 Å². The molecule has 6 heteroatoms. The van der Waals surface area contributed by atoms with Gasteiger partial charge in [0, 0.05) is 18.8 Å². The van der Waals surface area contributed by atoms with Gasteiger partial charge in [0.1, 0.15) is 0 Å². The number of benzene rings is 1. The van der Waals surface area contributed by atoms with E-state index in [1.54, 1.807) is 33.0 Å². The number of nitrogens with two attached hydrogens (primary N) is 1. The Bertz CT molecular complexity index is 500. The molecule has 0 spiro atoms. The van der Waals surface area contributed by atoms with Crippen LogP contribution in [0.4, 0.5) is 5.69 Å². The summed E-state index contributed by atoms with van der Waals surface area (Å²) in [6.07, 6.45) is 0. The summed E-state index contributed by atoms with van der Waals surface area (Å²) in [4.78, 5) is 13.9. The van der Waals surface area contributed by atoms with E-state index in [4.69, 9.17) is 15.2 Å². The zero-order valence-corrected chi connectivity index (χ0v) is 12.6. The number of nitrogens with zero attached hydrogens (tertiary/aromatic N) is 1. The summed E-state index contributed by atoms with van der Waals surface area (Å²) < 4.78 is 10.3. The van der Waals surface area contributed by atoms with Crippen LogP contribution in [0.2, 0.25) is 0 Å². The summed E-state index contributed by atoms with van der Waals surface area (Å²) in [6, 6.07) is 3.09. The SMILES string of the molecule is COc1cc(N)c(C(=O)N(C)C(C)(C)CO)cc1OC. The zero-order valence-electron chi connectivity index (χ0n) is 12.6. The first-order chi connectivity index (χ1) is 9.28. The second kappa shape index (κ2) is 6.00. The number of carbonyl (C=O) groups excluding carboxylic acids is 1. The van der Waals surface area contributed by atoms with Gasteiger partial charge in [-0.05, 0) is 19.9 Å². The third-order valence-electron chi connectivity index (χ3n) is 3.39. The summed E-state index contributed by atoms with van der Waals surface area (Å²) in [5.74, 6) is 0.605. The Hall–Kier alpha value is -1.95. The summed E-state index contributed by atoms with van der Waals surface area (Å²) in [5, 5.41) is 9.34. The van der Waals surface area contributed by atoms with Crippen molar-refractivity contribution in [2.75, 3.05) is 33.6 Å². The average Bonchev–Trinajstić information content (AvgIpc) is 2.45. The van der Waals surface area contributed by atoms with Crippen LogP contribution in [-0.4, -0.2) is 49.3 Å². The quantitative estimate of drug-likeness (QED) is 0.791. The summed E-state index contributed by atoms with van der Waals surface area (Å²) in [5.41, 5.74) is 5.83. The largest absolute Gasteiger partial charge is 0.493 e. The number of nitrogen functional groups attached to an aromatic ring is 1. The first-order valence-corrected chi connectivity index (χ1v) is 6.19. The fraction of sp³-hybridized carbons (Fsp3) is 0.500. The van der Waals surface area contributed by atoms with Crippen LogP contribution in [0.1, 0.15) is 24.2 Å². The van der Waals surface area contributed by atoms with Gasteiger partial charge in [0.15, 0.2) is 11.5 Å². The Balaban J connectivity index is 3.23. The lowest BCUT2D eigenvalue weighted by Gasteiger charge is -2.34. The number of likely N-dealkylation sites (N-methyl/N-ethyl adjacent to an activating group) is 1. The Labute approximate surface area is 119 Å². The van der Waals surface area contributed by atoms with E-state index in [2.05, 4.69) is 0 Å². The standard InChI is InChI=1S/C14H22N2O4/c1-14(2,8-17)16(3)13(18)9-6-11(19-4)12(20-5)7-10(9)15/h6-7,17H,8,15H2,1-5H3. The maximum Gasteiger partial charge on any atom is 0.256 e. The van der Waals surface area contributed by atoms with Gasteiger partial charge < -0.3 is 25.2 Å². The van der Waals surface area contributed by atoms with Crippen molar-refractivity contribution in [3.05, 3.63) is 17.7 Å². The topological polar surface area (TPSA) is 85.0 Å². The van der Waals surface area contributed by atoms with Crippen LogP contribution in [0.5, 0.6) is 11.5 Å². The van der Waals surface area contributed by atoms with Crippen molar-refractivity contribution in [1.29, 1.82) is 0 Å². The van der Waals surface area contributed by atoms with Crippen LogP contribution in [0.25, 0.3) is 0 Å². The van der Waals surface area contributed by atoms with Gasteiger partial charge in [-0.25, -0.2) is 0 Å². The molecule has 0 fully saturated rings. The molecule has 1 aromatic rings. The molecule has 0 atom stereocenters. The van der Waals surface area contributed by atoms with Crippen LogP contribution in [0.15, 0.2) is 12.1 Å². The molecule has 0 aliphatic carbocycles. The van der Waals surface area contributed by atoms with Crippen LogP contribution >= 0.6 is 0 Å². The number of hydrogen-bond donors (Lipinski definition) is 2. The lowest BCUT2D eigenvalue weighted by molar-refractivity contribution is 0.0474. The minimum atomic E-state index is -0.684. The minimum Gasteiger partial charge on any atom is -0.493 e. The van der Waals surface area contributed by atoms with E-state index >= 15 is 0 Å². The van der Waals surface area contributed by atoms with Crippen LogP contribution < -0.4 is 15.2 Å². The van der Waals surface area contributed by atoms with Gasteiger partial charge in [-0.15, -0.1) is 0 Å². The number of anilines is 1. The molecule has 0 saturated carbocycles. The monoisotopic (exact) mass is 282 g/mol. The number of aliphatic hydroxyl groups is 1. The fourth-order valence-corrected chi connectivity index (χ4v) is 1.64. The fourth-order valence-electron chi connectivity index (χ4n) is 1.64. The normalized spacial score (nSPS) is 11.1. The van der Waals surface area contributed by atoms with E-state index in [0.29, 0.717) is 22.7 Å². The predicted molar refractivity (Wildman–Crippen MR) is 77.2 cm³/mol. The zero-order chi connectivity index (χ0) is 15.5. The van der Waals surface area contributed by atoms with E-state index in [9.17, 15) is 9.90 Å². The number of amides is 1. The summed E-state index contributed by atoms with van der Waals surface area (Å²) in [7, 11) is 4.61. The molecule has 0 bridgehead atoms. The van der Waals surface area contributed by atoms with Crippen molar-refractivity contribution >= 4 is 11.6 Å². The van der Waals surface area contributed by atoms with Crippen LogP contribution in [0, 0.1) is 0 Å². The third kappa shape index (κ3) is 2.96. The maximum absolute atomic E-state index is 12.5. The van der Waals surface area contributed by atoms with Gasteiger partial charge in [0.05, 0.1) is 31.9 Å². The molecule has 20 heavy (non-hydrogen) atoms. The molecule has 0 radical (unpaired) electrons. The molecule has 0 unspecified atom stereocenters. The summed E-state index contributed by atoms with van der Waals surface area (Å²) >= 11 is 0.